The predicted octanol–water partition coefficient (Wildman–Crippen LogP) is 3.80. The summed E-state index contributed by atoms with van der Waals surface area (Å²) in [4.78, 5) is 4.49. The molecule has 0 fully saturated rings. The SMILES string of the molecule is N#Cc1ccc(-c2csc(NN=C3C=CCC3)n2)cc1. The van der Waals surface area contributed by atoms with Crippen molar-refractivity contribution >= 4 is 22.2 Å². The van der Waals surface area contributed by atoms with Crippen molar-refractivity contribution in [3.05, 3.63) is 47.4 Å². The van der Waals surface area contributed by atoms with Gasteiger partial charge in [-0.05, 0) is 31.1 Å². The number of hydrogen-bond acceptors (Lipinski definition) is 5. The second kappa shape index (κ2) is 5.68. The zero-order valence-corrected chi connectivity index (χ0v) is 11.5. The molecule has 1 N–H and O–H groups in total. The zero-order valence-electron chi connectivity index (χ0n) is 10.7. The van der Waals surface area contributed by atoms with Gasteiger partial charge in [0, 0.05) is 10.9 Å². The fraction of sp³-hybridized carbons (Fsp3) is 0.133. The van der Waals surface area contributed by atoms with Crippen molar-refractivity contribution in [1.29, 1.82) is 5.26 Å². The number of benzene rings is 1. The number of nitrogens with zero attached hydrogens (tertiary/aromatic N) is 3. The number of anilines is 1. The van der Waals surface area contributed by atoms with Crippen LogP contribution in [0.4, 0.5) is 5.13 Å². The molecule has 20 heavy (non-hydrogen) atoms. The average molecular weight is 280 g/mol. The van der Waals surface area contributed by atoms with Gasteiger partial charge in [0.25, 0.3) is 0 Å². The van der Waals surface area contributed by atoms with Gasteiger partial charge in [0.05, 0.1) is 23.0 Å². The van der Waals surface area contributed by atoms with Gasteiger partial charge >= 0.3 is 0 Å². The lowest BCUT2D eigenvalue weighted by atomic mass is 10.1. The standard InChI is InChI=1S/C15H12N4S/c16-9-11-5-7-12(8-6-11)14-10-20-15(17-14)19-18-13-3-1-2-4-13/h1,3,5-8,10H,2,4H2,(H,17,19). The summed E-state index contributed by atoms with van der Waals surface area (Å²) in [6.45, 7) is 0. The highest BCUT2D eigenvalue weighted by atomic mass is 32.1. The van der Waals surface area contributed by atoms with Crippen LogP contribution >= 0.6 is 11.3 Å². The lowest BCUT2D eigenvalue weighted by Crippen LogP contribution is -1.95. The Hall–Kier alpha value is -2.45. The van der Waals surface area contributed by atoms with Crippen molar-refractivity contribution < 1.29 is 0 Å². The second-order valence-corrected chi connectivity index (χ2v) is 5.24. The van der Waals surface area contributed by atoms with E-state index < -0.39 is 0 Å². The summed E-state index contributed by atoms with van der Waals surface area (Å²) >= 11 is 1.52. The minimum Gasteiger partial charge on any atom is -0.252 e. The number of aromatic nitrogens is 1. The van der Waals surface area contributed by atoms with E-state index in [0.717, 1.165) is 34.9 Å². The van der Waals surface area contributed by atoms with Crippen molar-refractivity contribution in [1.82, 2.24) is 4.98 Å². The first-order valence-corrected chi connectivity index (χ1v) is 7.18. The summed E-state index contributed by atoms with van der Waals surface area (Å²) in [6, 6.07) is 9.51. The van der Waals surface area contributed by atoms with Gasteiger partial charge in [-0.25, -0.2) is 4.98 Å². The maximum atomic E-state index is 8.78. The van der Waals surface area contributed by atoms with E-state index in [1.54, 1.807) is 12.1 Å². The molecular formula is C15H12N4S. The molecule has 0 bridgehead atoms. The van der Waals surface area contributed by atoms with Crippen LogP contribution in [0, 0.1) is 11.3 Å². The number of thiazole rings is 1. The largest absolute Gasteiger partial charge is 0.252 e. The number of allylic oxidation sites excluding steroid dienone is 2. The molecular weight excluding hydrogens is 268 g/mol. The third-order valence-corrected chi connectivity index (χ3v) is 3.73. The minimum absolute atomic E-state index is 0.654. The molecule has 3 rings (SSSR count). The van der Waals surface area contributed by atoms with Crippen LogP contribution in [0.5, 0.6) is 0 Å². The van der Waals surface area contributed by atoms with Crippen LogP contribution in [-0.2, 0) is 0 Å². The third-order valence-electron chi connectivity index (χ3n) is 2.99. The molecule has 2 aromatic rings. The molecule has 1 aromatic heterocycles. The molecule has 0 aliphatic heterocycles. The Morgan fingerprint density at radius 3 is 2.85 bits per heavy atom. The molecule has 1 heterocycles. The van der Waals surface area contributed by atoms with Gasteiger partial charge in [-0.1, -0.05) is 18.2 Å². The average Bonchev–Trinajstić information content (AvgIpc) is 3.17. The lowest BCUT2D eigenvalue weighted by Gasteiger charge is -1.97. The van der Waals surface area contributed by atoms with Crippen LogP contribution < -0.4 is 5.43 Å². The predicted molar refractivity (Wildman–Crippen MR) is 81.7 cm³/mol. The summed E-state index contributed by atoms with van der Waals surface area (Å²) < 4.78 is 0. The van der Waals surface area contributed by atoms with E-state index >= 15 is 0 Å². The van der Waals surface area contributed by atoms with Gasteiger partial charge in [-0.15, -0.1) is 11.3 Å². The fourth-order valence-corrected chi connectivity index (χ4v) is 2.58. The highest BCUT2D eigenvalue weighted by Crippen LogP contribution is 2.25. The Bertz CT molecular complexity index is 704. The summed E-state index contributed by atoms with van der Waals surface area (Å²) in [7, 11) is 0. The van der Waals surface area contributed by atoms with Crippen molar-refractivity contribution in [2.45, 2.75) is 12.8 Å². The molecule has 0 radical (unpaired) electrons. The van der Waals surface area contributed by atoms with E-state index in [-0.39, 0.29) is 0 Å². The molecule has 1 aromatic carbocycles. The topological polar surface area (TPSA) is 61.1 Å². The number of rotatable bonds is 3. The summed E-state index contributed by atoms with van der Waals surface area (Å²) in [5, 5.41) is 15.9. The van der Waals surface area contributed by atoms with E-state index in [2.05, 4.69) is 27.7 Å². The lowest BCUT2D eigenvalue weighted by molar-refractivity contribution is 1.13. The normalized spacial score (nSPS) is 15.4. The quantitative estimate of drug-likeness (QED) is 0.870. The Morgan fingerprint density at radius 1 is 1.30 bits per heavy atom. The third kappa shape index (κ3) is 2.76. The molecule has 0 spiro atoms. The highest BCUT2D eigenvalue weighted by molar-refractivity contribution is 7.14. The Kier molecular flexibility index (Phi) is 3.57. The van der Waals surface area contributed by atoms with Crippen LogP contribution in [0.3, 0.4) is 0 Å². The number of nitrogens with one attached hydrogen (secondary N) is 1. The smallest absolute Gasteiger partial charge is 0.203 e. The zero-order chi connectivity index (χ0) is 13.8. The first-order valence-electron chi connectivity index (χ1n) is 6.30. The van der Waals surface area contributed by atoms with E-state index in [0.29, 0.717) is 5.56 Å². The van der Waals surface area contributed by atoms with Crippen molar-refractivity contribution in [2.75, 3.05) is 5.43 Å². The van der Waals surface area contributed by atoms with Crippen LogP contribution in [0.25, 0.3) is 11.3 Å². The van der Waals surface area contributed by atoms with Crippen molar-refractivity contribution in [2.24, 2.45) is 5.10 Å². The Balaban J connectivity index is 1.74. The molecule has 0 atom stereocenters. The fourth-order valence-electron chi connectivity index (χ4n) is 1.92. The van der Waals surface area contributed by atoms with E-state index in [9.17, 15) is 0 Å². The number of hydrazone groups is 1. The molecule has 0 saturated carbocycles. The molecule has 1 aliphatic rings. The molecule has 0 unspecified atom stereocenters. The van der Waals surface area contributed by atoms with Crippen LogP contribution in [0.2, 0.25) is 0 Å². The van der Waals surface area contributed by atoms with Gasteiger partial charge in [-0.3, -0.25) is 5.43 Å². The molecule has 4 nitrogen and oxygen atoms in total. The number of hydrogen-bond donors (Lipinski definition) is 1. The van der Waals surface area contributed by atoms with Crippen LogP contribution in [-0.4, -0.2) is 10.7 Å². The van der Waals surface area contributed by atoms with Gasteiger partial charge in [0.2, 0.25) is 5.13 Å². The van der Waals surface area contributed by atoms with Crippen LogP contribution in [0.15, 0.2) is 46.9 Å². The van der Waals surface area contributed by atoms with Gasteiger partial charge in [0.1, 0.15) is 0 Å². The van der Waals surface area contributed by atoms with E-state index in [1.807, 2.05) is 23.6 Å². The monoisotopic (exact) mass is 280 g/mol. The summed E-state index contributed by atoms with van der Waals surface area (Å²) in [5.41, 5.74) is 6.60. The second-order valence-electron chi connectivity index (χ2n) is 4.38. The van der Waals surface area contributed by atoms with Gasteiger partial charge in [-0.2, -0.15) is 10.4 Å². The van der Waals surface area contributed by atoms with E-state index in [4.69, 9.17) is 5.26 Å². The first kappa shape index (κ1) is 12.6. The summed E-state index contributed by atoms with van der Waals surface area (Å²) in [5.74, 6) is 0. The highest BCUT2D eigenvalue weighted by Gasteiger charge is 2.05. The van der Waals surface area contributed by atoms with Crippen molar-refractivity contribution in [3.63, 3.8) is 0 Å². The van der Waals surface area contributed by atoms with Gasteiger partial charge in [0.15, 0.2) is 0 Å². The summed E-state index contributed by atoms with van der Waals surface area (Å²) in [6.07, 6.45) is 6.20. The Morgan fingerprint density at radius 2 is 2.15 bits per heavy atom. The van der Waals surface area contributed by atoms with Gasteiger partial charge < -0.3 is 0 Å². The molecule has 1 aliphatic carbocycles. The molecule has 98 valence electrons. The number of nitriles is 1. The van der Waals surface area contributed by atoms with Crippen LogP contribution in [0.1, 0.15) is 18.4 Å². The Labute approximate surface area is 121 Å². The van der Waals surface area contributed by atoms with Crippen molar-refractivity contribution in [3.8, 4) is 17.3 Å². The maximum Gasteiger partial charge on any atom is 0.203 e. The minimum atomic E-state index is 0.654. The van der Waals surface area contributed by atoms with E-state index in [1.165, 1.54) is 11.3 Å². The first-order chi connectivity index (χ1) is 9.85. The molecule has 5 heteroatoms. The maximum absolute atomic E-state index is 8.78. The molecule has 0 amide bonds. The molecule has 0 saturated heterocycles.